The quantitative estimate of drug-likeness (QED) is 0.348. The highest BCUT2D eigenvalue weighted by atomic mass is 79.9. The van der Waals surface area contributed by atoms with Gasteiger partial charge >= 0.3 is 5.63 Å². The van der Waals surface area contributed by atoms with Gasteiger partial charge < -0.3 is 15.1 Å². The lowest BCUT2D eigenvalue weighted by Gasteiger charge is -2.11. The van der Waals surface area contributed by atoms with E-state index in [9.17, 15) is 4.79 Å². The van der Waals surface area contributed by atoms with Crippen molar-refractivity contribution in [3.05, 3.63) is 56.1 Å². The van der Waals surface area contributed by atoms with Crippen molar-refractivity contribution in [3.8, 4) is 0 Å². The molecule has 0 fully saturated rings. The Labute approximate surface area is 171 Å². The number of aromatic nitrogens is 2. The molecule has 2 aromatic heterocycles. The number of hydrogen-bond donors (Lipinski definition) is 2. The van der Waals surface area contributed by atoms with Crippen LogP contribution in [0.4, 0.5) is 5.69 Å². The van der Waals surface area contributed by atoms with Gasteiger partial charge in [0.1, 0.15) is 5.58 Å². The van der Waals surface area contributed by atoms with Gasteiger partial charge in [0.15, 0.2) is 5.11 Å². The Hall–Kier alpha value is -2.19. The Morgan fingerprint density at radius 1 is 1.30 bits per heavy atom. The molecule has 8 heteroatoms. The highest BCUT2D eigenvalue weighted by Crippen LogP contribution is 2.21. The van der Waals surface area contributed by atoms with Crippen molar-refractivity contribution in [2.75, 3.05) is 11.9 Å². The number of aryl methyl sites for hydroxylation is 3. The number of thiocarbonyl (C=S) groups is 1. The Balaban J connectivity index is 1.54. The number of fused-ring (bicyclic) bond motifs is 1. The van der Waals surface area contributed by atoms with E-state index in [0.29, 0.717) is 10.7 Å². The molecule has 27 heavy (non-hydrogen) atoms. The molecule has 0 unspecified atom stereocenters. The summed E-state index contributed by atoms with van der Waals surface area (Å²) in [6.45, 7) is 7.46. The maximum atomic E-state index is 11.5. The van der Waals surface area contributed by atoms with Crippen LogP contribution in [-0.2, 0) is 6.54 Å². The molecule has 2 N–H and O–H groups in total. The fourth-order valence-corrected chi connectivity index (χ4v) is 3.41. The van der Waals surface area contributed by atoms with Crippen molar-refractivity contribution in [1.82, 2.24) is 15.1 Å². The standard InChI is InChI=1S/C19H21BrN4O2S/c1-11-9-17(25)26-16-10-14(5-6-15(11)16)22-19(27)21-7-4-8-24-13(3)18(20)12(2)23-24/h5-6,9-10H,4,7-8H2,1-3H3,(H2,21,22,27). The highest BCUT2D eigenvalue weighted by molar-refractivity contribution is 9.10. The zero-order chi connectivity index (χ0) is 19.6. The second-order valence-electron chi connectivity index (χ2n) is 6.40. The van der Waals surface area contributed by atoms with E-state index < -0.39 is 0 Å². The van der Waals surface area contributed by atoms with E-state index in [2.05, 4.69) is 31.7 Å². The monoisotopic (exact) mass is 448 g/mol. The number of nitrogens with one attached hydrogen (secondary N) is 2. The molecule has 0 radical (unpaired) electrons. The van der Waals surface area contributed by atoms with Crippen LogP contribution in [0.5, 0.6) is 0 Å². The van der Waals surface area contributed by atoms with Crippen LogP contribution < -0.4 is 16.3 Å². The Bertz CT molecular complexity index is 1060. The van der Waals surface area contributed by atoms with Crippen LogP contribution in [0.15, 0.2) is 37.9 Å². The Morgan fingerprint density at radius 3 is 2.78 bits per heavy atom. The molecule has 142 valence electrons. The minimum atomic E-state index is -0.353. The van der Waals surface area contributed by atoms with Gasteiger partial charge in [-0.05, 0) is 73.0 Å². The molecule has 0 bridgehead atoms. The molecular weight excluding hydrogens is 428 g/mol. The summed E-state index contributed by atoms with van der Waals surface area (Å²) in [5.41, 5.74) is 3.98. The smallest absolute Gasteiger partial charge is 0.336 e. The van der Waals surface area contributed by atoms with E-state index in [4.69, 9.17) is 16.6 Å². The third-order valence-corrected chi connectivity index (χ3v) is 5.73. The van der Waals surface area contributed by atoms with Crippen LogP contribution in [0.25, 0.3) is 11.0 Å². The lowest BCUT2D eigenvalue weighted by Crippen LogP contribution is -2.29. The van der Waals surface area contributed by atoms with Gasteiger partial charge in [0, 0.05) is 42.0 Å². The summed E-state index contributed by atoms with van der Waals surface area (Å²) < 4.78 is 8.31. The third kappa shape index (κ3) is 4.56. The van der Waals surface area contributed by atoms with E-state index in [-0.39, 0.29) is 5.63 Å². The minimum absolute atomic E-state index is 0.353. The largest absolute Gasteiger partial charge is 0.423 e. The summed E-state index contributed by atoms with van der Waals surface area (Å²) in [6, 6.07) is 7.10. The number of nitrogens with zero attached hydrogens (tertiary/aromatic N) is 2. The van der Waals surface area contributed by atoms with E-state index in [1.807, 2.05) is 37.6 Å². The molecule has 3 rings (SSSR count). The van der Waals surface area contributed by atoms with Gasteiger partial charge in [-0.15, -0.1) is 0 Å². The second-order valence-corrected chi connectivity index (χ2v) is 7.60. The zero-order valence-corrected chi connectivity index (χ0v) is 17.8. The van der Waals surface area contributed by atoms with Gasteiger partial charge in [-0.2, -0.15) is 5.10 Å². The van der Waals surface area contributed by atoms with E-state index >= 15 is 0 Å². The first-order valence-corrected chi connectivity index (χ1v) is 9.84. The Morgan fingerprint density at radius 2 is 2.07 bits per heavy atom. The number of rotatable bonds is 5. The van der Waals surface area contributed by atoms with Gasteiger partial charge in [0.25, 0.3) is 0 Å². The van der Waals surface area contributed by atoms with Gasteiger partial charge in [-0.25, -0.2) is 4.79 Å². The number of hydrogen-bond acceptors (Lipinski definition) is 4. The predicted molar refractivity (Wildman–Crippen MR) is 115 cm³/mol. The fraction of sp³-hybridized carbons (Fsp3) is 0.316. The molecule has 0 saturated carbocycles. The number of halogens is 1. The molecule has 0 aliphatic carbocycles. The van der Waals surface area contributed by atoms with Crippen LogP contribution in [0.1, 0.15) is 23.4 Å². The maximum Gasteiger partial charge on any atom is 0.336 e. The number of benzene rings is 1. The lowest BCUT2D eigenvalue weighted by molar-refractivity contribution is 0.558. The molecule has 0 spiro atoms. The third-order valence-electron chi connectivity index (χ3n) is 4.33. The van der Waals surface area contributed by atoms with Gasteiger partial charge in [0.2, 0.25) is 0 Å². The van der Waals surface area contributed by atoms with Gasteiger partial charge in [-0.3, -0.25) is 4.68 Å². The fourth-order valence-electron chi connectivity index (χ4n) is 2.90. The summed E-state index contributed by atoms with van der Waals surface area (Å²) in [6.07, 6.45) is 0.891. The zero-order valence-electron chi connectivity index (χ0n) is 15.4. The lowest BCUT2D eigenvalue weighted by atomic mass is 10.1. The second kappa shape index (κ2) is 8.22. The number of anilines is 1. The molecule has 0 aliphatic heterocycles. The molecule has 0 atom stereocenters. The summed E-state index contributed by atoms with van der Waals surface area (Å²) in [4.78, 5) is 11.5. The van der Waals surface area contributed by atoms with E-state index in [1.165, 1.54) is 6.07 Å². The van der Waals surface area contributed by atoms with Gasteiger partial charge in [-0.1, -0.05) is 0 Å². The average molecular weight is 449 g/mol. The topological polar surface area (TPSA) is 72.1 Å². The summed E-state index contributed by atoms with van der Waals surface area (Å²) in [5.74, 6) is 0. The van der Waals surface area contributed by atoms with Crippen LogP contribution in [0.2, 0.25) is 0 Å². The summed E-state index contributed by atoms with van der Waals surface area (Å²) >= 11 is 8.88. The van der Waals surface area contributed by atoms with Crippen molar-refractivity contribution in [2.45, 2.75) is 33.7 Å². The summed E-state index contributed by atoms with van der Waals surface area (Å²) in [7, 11) is 0. The highest BCUT2D eigenvalue weighted by Gasteiger charge is 2.08. The van der Waals surface area contributed by atoms with Crippen molar-refractivity contribution in [2.24, 2.45) is 0 Å². The van der Waals surface area contributed by atoms with Crippen LogP contribution in [-0.4, -0.2) is 21.4 Å². The van der Waals surface area contributed by atoms with Crippen molar-refractivity contribution >= 4 is 49.9 Å². The maximum absolute atomic E-state index is 11.5. The van der Waals surface area contributed by atoms with Gasteiger partial charge in [0.05, 0.1) is 10.2 Å². The minimum Gasteiger partial charge on any atom is -0.423 e. The molecule has 0 aliphatic rings. The molecule has 0 amide bonds. The average Bonchev–Trinajstić information content (AvgIpc) is 2.85. The predicted octanol–water partition coefficient (Wildman–Crippen LogP) is 4.05. The SMILES string of the molecule is Cc1nn(CCCNC(=S)Nc2ccc3c(C)cc(=O)oc3c2)c(C)c1Br. The molecule has 0 saturated heterocycles. The molecule has 2 heterocycles. The van der Waals surface area contributed by atoms with E-state index in [1.54, 1.807) is 6.07 Å². The molecule has 1 aromatic carbocycles. The first kappa shape index (κ1) is 19.6. The molecule has 3 aromatic rings. The normalized spacial score (nSPS) is 11.0. The van der Waals surface area contributed by atoms with Crippen LogP contribution in [0, 0.1) is 20.8 Å². The van der Waals surface area contributed by atoms with Crippen molar-refractivity contribution in [3.63, 3.8) is 0 Å². The van der Waals surface area contributed by atoms with E-state index in [0.717, 1.165) is 52.0 Å². The first-order valence-electron chi connectivity index (χ1n) is 8.64. The van der Waals surface area contributed by atoms with Crippen LogP contribution >= 0.6 is 28.1 Å². The molecular formula is C19H21BrN4O2S. The van der Waals surface area contributed by atoms with Crippen LogP contribution in [0.3, 0.4) is 0 Å². The first-order chi connectivity index (χ1) is 12.8. The Kier molecular flexibility index (Phi) is 5.96. The van der Waals surface area contributed by atoms with Crippen molar-refractivity contribution < 1.29 is 4.42 Å². The summed E-state index contributed by atoms with van der Waals surface area (Å²) in [5, 5.41) is 12.2. The molecule has 6 nitrogen and oxygen atoms in total. The van der Waals surface area contributed by atoms with Crippen molar-refractivity contribution in [1.29, 1.82) is 0 Å².